The summed E-state index contributed by atoms with van der Waals surface area (Å²) in [5.41, 5.74) is 30.2. The topological polar surface area (TPSA) is 19.1 Å². The van der Waals surface area contributed by atoms with Gasteiger partial charge in [-0.1, -0.05) is 248 Å². The molecule has 1 spiro atoms. The van der Waals surface area contributed by atoms with Crippen LogP contribution in [0.25, 0.3) is 111 Å². The van der Waals surface area contributed by atoms with Crippen LogP contribution in [-0.4, -0.2) is 15.8 Å². The smallest absolute Gasteiger partial charge is 0.256 e. The first kappa shape index (κ1) is 48.6. The Balaban J connectivity index is 1.00. The van der Waals surface area contributed by atoms with Crippen LogP contribution in [0.15, 0.2) is 249 Å². The highest BCUT2D eigenvalue weighted by molar-refractivity contribution is 6.99. The van der Waals surface area contributed by atoms with Crippen molar-refractivity contribution in [3.05, 3.63) is 282 Å². The second-order valence-electron chi connectivity index (χ2n) is 26.3. The molecule has 2 aromatic heterocycles. The Kier molecular flexibility index (Phi) is 9.79. The molecular weight excluding hydrogens is 1030 g/mol. The van der Waals surface area contributed by atoms with Crippen molar-refractivity contribution in [1.29, 1.82) is 0 Å². The van der Waals surface area contributed by atoms with Crippen LogP contribution < -0.4 is 21.1 Å². The number of fused-ring (bicyclic) bond motifs is 21. The molecular formula is C81H59BN2O. The summed E-state index contributed by atoms with van der Waals surface area (Å²) in [7, 11) is 0. The molecule has 14 aromatic rings. The average Bonchev–Trinajstić information content (AvgIpc) is 1.76. The molecule has 0 atom stereocenters. The maximum absolute atomic E-state index is 7.86. The Hall–Kier alpha value is -9.90. The van der Waals surface area contributed by atoms with E-state index in [0.717, 1.165) is 22.7 Å². The molecule has 18 rings (SSSR count). The molecule has 85 heavy (non-hydrogen) atoms. The van der Waals surface area contributed by atoms with Crippen LogP contribution in [0, 0.1) is 0 Å². The molecule has 0 saturated heterocycles. The van der Waals surface area contributed by atoms with E-state index >= 15 is 0 Å². The van der Waals surface area contributed by atoms with Gasteiger partial charge < -0.3 is 13.9 Å². The fourth-order valence-corrected chi connectivity index (χ4v) is 15.9. The molecule has 4 heteroatoms. The molecule has 0 fully saturated rings. The van der Waals surface area contributed by atoms with Crippen molar-refractivity contribution in [2.45, 2.75) is 57.8 Å². The predicted octanol–water partition coefficient (Wildman–Crippen LogP) is 18.8. The molecule has 3 nitrogen and oxygen atoms in total. The van der Waals surface area contributed by atoms with Gasteiger partial charge in [0.25, 0.3) is 6.71 Å². The van der Waals surface area contributed by atoms with Crippen LogP contribution in [0.2, 0.25) is 0 Å². The summed E-state index contributed by atoms with van der Waals surface area (Å²) < 4.78 is 13.1. The van der Waals surface area contributed by atoms with Crippen LogP contribution in [0.5, 0.6) is 11.5 Å². The normalized spacial score (nSPS) is 13.9. The molecule has 4 aliphatic rings. The SMILES string of the molecule is CC(C)(C)c1cc(-n2c3ccccc3c3cc4c5c(c6ccccc6n5-c5cc(-c6c(-c7ccccc7)cccc6-c6ccccc6)cc6c5B4c4cc5c(cc4O6)C4(c6ccccc6-c6ccccc64)c4ccccc4-5)c32)cc(C(C)(C)C)c1. The molecule has 402 valence electrons. The van der Waals surface area contributed by atoms with Crippen molar-refractivity contribution in [1.82, 2.24) is 9.13 Å². The first-order valence-corrected chi connectivity index (χ1v) is 30.2. The van der Waals surface area contributed by atoms with Crippen molar-refractivity contribution in [2.75, 3.05) is 0 Å². The molecule has 0 radical (unpaired) electrons. The molecule has 12 aromatic carbocycles. The number of para-hydroxylation sites is 2. The van der Waals surface area contributed by atoms with Gasteiger partial charge in [-0.15, -0.1) is 0 Å². The van der Waals surface area contributed by atoms with Crippen molar-refractivity contribution in [3.8, 4) is 78.5 Å². The lowest BCUT2D eigenvalue weighted by Gasteiger charge is -2.36. The van der Waals surface area contributed by atoms with Gasteiger partial charge in [-0.2, -0.15) is 0 Å². The molecule has 0 unspecified atom stereocenters. The highest BCUT2D eigenvalue weighted by atomic mass is 16.5. The number of nitrogens with zero attached hydrogens (tertiary/aromatic N) is 2. The van der Waals surface area contributed by atoms with Gasteiger partial charge in [0.1, 0.15) is 11.5 Å². The Morgan fingerprint density at radius 1 is 0.365 bits per heavy atom. The maximum Gasteiger partial charge on any atom is 0.256 e. The van der Waals surface area contributed by atoms with Gasteiger partial charge in [-0.05, 0) is 159 Å². The van der Waals surface area contributed by atoms with Gasteiger partial charge in [-0.3, -0.25) is 0 Å². The summed E-state index contributed by atoms with van der Waals surface area (Å²) in [6, 6.07) is 94.3. The van der Waals surface area contributed by atoms with E-state index in [1.165, 1.54) is 149 Å². The quantitative estimate of drug-likeness (QED) is 0.161. The zero-order valence-corrected chi connectivity index (χ0v) is 48.6. The molecule has 2 aliphatic carbocycles. The summed E-state index contributed by atoms with van der Waals surface area (Å²) in [5.74, 6) is 1.79. The lowest BCUT2D eigenvalue weighted by molar-refractivity contribution is 0.486. The standard InChI is InChI=1S/C81H59BN2O/c1-79(2,3)51-42-52(80(4,5)6)44-53(43-51)83-69-38-21-16-31-59(69)62-46-68-78-75(77(62)83)60-32-17-22-39-70(60)84(78)71-40-50(74-54(48-24-9-7-10-25-48)33-23-34-55(74)49-26-11-8-12-27-49)41-73-76(71)82(68)67-45-61-58-30-15-20-37-65(58)81(66(61)47-72(67)85-73)63-35-18-13-28-56(63)57-29-14-19-36-64(57)81/h7-47H,1-6H3. The molecule has 0 amide bonds. The van der Waals surface area contributed by atoms with Gasteiger partial charge >= 0.3 is 0 Å². The van der Waals surface area contributed by atoms with Crippen LogP contribution in [0.3, 0.4) is 0 Å². The average molecular weight is 1090 g/mol. The fourth-order valence-electron chi connectivity index (χ4n) is 15.9. The second-order valence-corrected chi connectivity index (χ2v) is 26.3. The van der Waals surface area contributed by atoms with E-state index < -0.39 is 5.41 Å². The number of hydrogen-bond acceptors (Lipinski definition) is 1. The number of benzene rings is 12. The van der Waals surface area contributed by atoms with Crippen LogP contribution in [-0.2, 0) is 16.2 Å². The van der Waals surface area contributed by atoms with Crippen LogP contribution in [0.1, 0.15) is 74.9 Å². The largest absolute Gasteiger partial charge is 0.458 e. The van der Waals surface area contributed by atoms with Crippen LogP contribution in [0.4, 0.5) is 0 Å². The minimum atomic E-state index is -0.534. The van der Waals surface area contributed by atoms with Gasteiger partial charge in [0, 0.05) is 32.9 Å². The number of ether oxygens (including phenoxy) is 1. The monoisotopic (exact) mass is 1090 g/mol. The van der Waals surface area contributed by atoms with E-state index in [1.54, 1.807) is 0 Å². The number of hydrogen-bond donors (Lipinski definition) is 0. The third-order valence-electron chi connectivity index (χ3n) is 19.6. The molecule has 4 heterocycles. The number of rotatable bonds is 4. The van der Waals surface area contributed by atoms with Crippen molar-refractivity contribution < 1.29 is 4.74 Å². The van der Waals surface area contributed by atoms with Crippen molar-refractivity contribution in [2.24, 2.45) is 0 Å². The summed E-state index contributed by atoms with van der Waals surface area (Å²) in [5, 5.41) is 4.99. The zero-order valence-electron chi connectivity index (χ0n) is 48.6. The zero-order chi connectivity index (χ0) is 56.8. The van der Waals surface area contributed by atoms with E-state index in [2.05, 4.69) is 299 Å². The first-order valence-electron chi connectivity index (χ1n) is 30.2. The molecule has 2 aliphatic heterocycles. The molecule has 0 bridgehead atoms. The summed E-state index contributed by atoms with van der Waals surface area (Å²) in [4.78, 5) is 0. The van der Waals surface area contributed by atoms with Gasteiger partial charge in [0.15, 0.2) is 0 Å². The van der Waals surface area contributed by atoms with Gasteiger partial charge in [0.05, 0.1) is 27.5 Å². The van der Waals surface area contributed by atoms with Crippen molar-refractivity contribution in [3.63, 3.8) is 0 Å². The van der Waals surface area contributed by atoms with E-state index in [9.17, 15) is 0 Å². The Labute approximate surface area is 496 Å². The van der Waals surface area contributed by atoms with E-state index in [-0.39, 0.29) is 17.5 Å². The molecule has 0 saturated carbocycles. The Morgan fingerprint density at radius 3 is 1.48 bits per heavy atom. The first-order chi connectivity index (χ1) is 41.4. The minimum Gasteiger partial charge on any atom is -0.458 e. The lowest BCUT2D eigenvalue weighted by Crippen LogP contribution is -2.58. The van der Waals surface area contributed by atoms with Crippen LogP contribution >= 0.6 is 0 Å². The summed E-state index contributed by atoms with van der Waals surface area (Å²) in [6.07, 6.45) is 0. The lowest BCUT2D eigenvalue weighted by atomic mass is 9.34. The van der Waals surface area contributed by atoms with Crippen molar-refractivity contribution >= 4 is 66.7 Å². The molecule has 0 N–H and O–H groups in total. The fraction of sp³-hybridized carbons (Fsp3) is 0.111. The Morgan fingerprint density at radius 2 is 0.882 bits per heavy atom. The summed E-state index contributed by atoms with van der Waals surface area (Å²) >= 11 is 0. The maximum atomic E-state index is 7.86. The highest BCUT2D eigenvalue weighted by Gasteiger charge is 2.53. The number of aromatic nitrogens is 2. The third-order valence-corrected chi connectivity index (χ3v) is 19.6. The van der Waals surface area contributed by atoms with E-state index in [0.29, 0.717) is 0 Å². The second kappa shape index (κ2) is 17.1. The predicted molar refractivity (Wildman–Crippen MR) is 356 cm³/mol. The third kappa shape index (κ3) is 6.52. The summed E-state index contributed by atoms with van der Waals surface area (Å²) in [6.45, 7) is 13.9. The van der Waals surface area contributed by atoms with Gasteiger partial charge in [0.2, 0.25) is 0 Å². The van der Waals surface area contributed by atoms with E-state index in [4.69, 9.17) is 4.74 Å². The Bertz CT molecular complexity index is 5100. The van der Waals surface area contributed by atoms with Gasteiger partial charge in [-0.25, -0.2) is 0 Å². The minimum absolute atomic E-state index is 0.0753. The highest BCUT2D eigenvalue weighted by Crippen LogP contribution is 2.63. The van der Waals surface area contributed by atoms with E-state index in [1.807, 2.05) is 0 Å².